The van der Waals surface area contributed by atoms with Crippen LogP contribution in [0.1, 0.15) is 96.8 Å². The van der Waals surface area contributed by atoms with Crippen molar-refractivity contribution >= 4 is 5.91 Å². The van der Waals surface area contributed by atoms with E-state index in [1.165, 1.54) is 57.8 Å². The molecule has 2 N–H and O–H groups in total. The van der Waals surface area contributed by atoms with E-state index < -0.39 is 10.7 Å². The summed E-state index contributed by atoms with van der Waals surface area (Å²) in [6.07, 6.45) is 20.6. The first-order valence-corrected chi connectivity index (χ1v) is 9.49. The van der Waals surface area contributed by atoms with Gasteiger partial charge in [0.1, 0.15) is 7.05 Å². The van der Waals surface area contributed by atoms with Crippen molar-refractivity contribution < 1.29 is 32.4 Å². The normalized spacial score (nSPS) is 11.7. The Kier molecular flexibility index (Phi) is 18.7. The van der Waals surface area contributed by atoms with Crippen LogP contribution < -0.4 is 12.4 Å². The molecule has 0 saturated carbocycles. The molecule has 0 aliphatic carbocycles. The fourth-order valence-corrected chi connectivity index (χ4v) is 2.56. The molecule has 0 aromatic heterocycles. The molecule has 0 bridgehead atoms. The Morgan fingerprint density at radius 1 is 0.792 bits per heavy atom. The second-order valence-electron chi connectivity index (χ2n) is 6.64. The van der Waals surface area contributed by atoms with Crippen LogP contribution in [0.15, 0.2) is 12.2 Å². The molecule has 0 atom stereocenters. The lowest BCUT2D eigenvalue weighted by molar-refractivity contribution is -1.18. The molecule has 0 fully saturated rings. The first kappa shape index (κ1) is 25.8. The van der Waals surface area contributed by atoms with Crippen LogP contribution in [0.2, 0.25) is 0 Å². The molecular formula is C19H38ClNO3. The Morgan fingerprint density at radius 3 is 1.67 bits per heavy atom. The molecule has 4 nitrogen and oxygen atoms in total. The van der Waals surface area contributed by atoms with Gasteiger partial charge in [0.15, 0.2) is 0 Å². The van der Waals surface area contributed by atoms with Crippen LogP contribution in [0.4, 0.5) is 0 Å². The van der Waals surface area contributed by atoms with Crippen LogP contribution in [0.3, 0.4) is 0 Å². The molecular weight excluding hydrogens is 326 g/mol. The van der Waals surface area contributed by atoms with Crippen LogP contribution in [0, 0.1) is 0 Å². The zero-order valence-electron chi connectivity index (χ0n) is 15.7. The number of quaternary nitrogens is 1. The van der Waals surface area contributed by atoms with E-state index in [4.69, 9.17) is 10.4 Å². The van der Waals surface area contributed by atoms with Gasteiger partial charge < -0.3 is 12.4 Å². The van der Waals surface area contributed by atoms with Gasteiger partial charge in [0, 0.05) is 4.81 Å². The summed E-state index contributed by atoms with van der Waals surface area (Å²) in [7, 11) is 1.07. The van der Waals surface area contributed by atoms with Crippen LogP contribution in [0.5, 0.6) is 0 Å². The number of carbonyl (C=O) groups is 1. The van der Waals surface area contributed by atoms with Crippen LogP contribution in [-0.4, -0.2) is 28.2 Å². The lowest BCUT2D eigenvalue weighted by atomic mass is 10.1. The van der Waals surface area contributed by atoms with Crippen molar-refractivity contribution in [2.75, 3.05) is 7.05 Å². The SMILES string of the molecule is CCCCCCCCC=CCCCCCCCC(=O)[N+](C)(O)O.[Cl-]. The Hall–Kier alpha value is -0.420. The standard InChI is InChI=1S/C19H38NO3.ClH/c1-3-4-5-6-7-8-9-10-11-12-13-14-15-16-17-18-19(21)20(2,22)23;/h10-11,22-23H,3-9,12-18H2,1-2H3;1H/q+1;/p-1. The molecule has 0 unspecified atom stereocenters. The summed E-state index contributed by atoms with van der Waals surface area (Å²) in [4.78, 5) is 9.72. The average Bonchev–Trinajstić information content (AvgIpc) is 2.50. The monoisotopic (exact) mass is 363 g/mol. The summed E-state index contributed by atoms with van der Waals surface area (Å²) in [5.74, 6) is -0.539. The molecule has 1 amide bonds. The maximum absolute atomic E-state index is 11.3. The number of halogens is 1. The molecule has 0 heterocycles. The number of carbonyl (C=O) groups excluding carboxylic acids is 1. The van der Waals surface area contributed by atoms with Crippen molar-refractivity contribution in [2.24, 2.45) is 0 Å². The van der Waals surface area contributed by atoms with Crippen molar-refractivity contribution in [3.8, 4) is 0 Å². The first-order chi connectivity index (χ1) is 11.0. The van der Waals surface area contributed by atoms with E-state index >= 15 is 0 Å². The Bertz CT molecular complexity index is 314. The Morgan fingerprint density at radius 2 is 1.21 bits per heavy atom. The molecule has 0 aromatic rings. The van der Waals surface area contributed by atoms with E-state index in [2.05, 4.69) is 19.1 Å². The number of unbranched alkanes of at least 4 members (excludes halogenated alkanes) is 11. The summed E-state index contributed by atoms with van der Waals surface area (Å²) >= 11 is 0. The fraction of sp³-hybridized carbons (Fsp3) is 0.842. The molecule has 24 heavy (non-hydrogen) atoms. The van der Waals surface area contributed by atoms with Crippen molar-refractivity contribution in [3.05, 3.63) is 12.2 Å². The van der Waals surface area contributed by atoms with Crippen molar-refractivity contribution in [3.63, 3.8) is 0 Å². The third-order valence-corrected chi connectivity index (χ3v) is 4.12. The number of hydrogen-bond donors (Lipinski definition) is 2. The molecule has 144 valence electrons. The van der Waals surface area contributed by atoms with E-state index in [1.54, 1.807) is 0 Å². The summed E-state index contributed by atoms with van der Waals surface area (Å²) < 4.78 is 0. The third-order valence-electron chi connectivity index (χ3n) is 4.12. The number of hydroxylamine groups is 4. The molecule has 0 aromatic carbocycles. The highest BCUT2D eigenvalue weighted by molar-refractivity contribution is 5.67. The minimum absolute atomic E-state index is 0. The number of allylic oxidation sites excluding steroid dienone is 2. The maximum Gasteiger partial charge on any atom is 0.378 e. The number of rotatable bonds is 15. The van der Waals surface area contributed by atoms with Crippen molar-refractivity contribution in [1.82, 2.24) is 0 Å². The van der Waals surface area contributed by atoms with Crippen LogP contribution in [-0.2, 0) is 4.79 Å². The second kappa shape index (κ2) is 17.4. The van der Waals surface area contributed by atoms with E-state index in [-0.39, 0.29) is 18.8 Å². The minimum atomic E-state index is -1.54. The van der Waals surface area contributed by atoms with Gasteiger partial charge in [-0.25, -0.2) is 4.79 Å². The first-order valence-electron chi connectivity index (χ1n) is 9.49. The largest absolute Gasteiger partial charge is 1.00 e. The lowest BCUT2D eigenvalue weighted by Crippen LogP contribution is -3.00. The van der Waals surface area contributed by atoms with Gasteiger partial charge in [0.25, 0.3) is 0 Å². The highest BCUT2D eigenvalue weighted by atomic mass is 35.5. The van der Waals surface area contributed by atoms with Gasteiger partial charge in [-0.2, -0.15) is 10.4 Å². The highest BCUT2D eigenvalue weighted by Crippen LogP contribution is 2.10. The molecule has 5 heteroatoms. The van der Waals surface area contributed by atoms with Gasteiger partial charge in [0.2, 0.25) is 0 Å². The van der Waals surface area contributed by atoms with Crippen LogP contribution in [0.25, 0.3) is 0 Å². The molecule has 0 spiro atoms. The quantitative estimate of drug-likeness (QED) is 0.155. The smallest absolute Gasteiger partial charge is 0.378 e. The van der Waals surface area contributed by atoms with Gasteiger partial charge in [0.05, 0.1) is 6.42 Å². The summed E-state index contributed by atoms with van der Waals surface area (Å²) in [6.45, 7) is 2.25. The van der Waals surface area contributed by atoms with Crippen molar-refractivity contribution in [1.29, 1.82) is 0 Å². The summed E-state index contributed by atoms with van der Waals surface area (Å²) in [5.41, 5.74) is 0. The van der Waals surface area contributed by atoms with Gasteiger partial charge >= 0.3 is 5.91 Å². The fourth-order valence-electron chi connectivity index (χ4n) is 2.56. The van der Waals surface area contributed by atoms with E-state index in [0.717, 1.165) is 32.7 Å². The van der Waals surface area contributed by atoms with Gasteiger partial charge in [-0.15, -0.1) is 0 Å². The summed E-state index contributed by atoms with van der Waals surface area (Å²) in [5, 5.41) is 18.1. The zero-order valence-corrected chi connectivity index (χ0v) is 16.4. The van der Waals surface area contributed by atoms with Crippen LogP contribution >= 0.6 is 0 Å². The third kappa shape index (κ3) is 17.9. The number of nitrogens with zero attached hydrogens (tertiary/aromatic N) is 1. The Balaban J connectivity index is 0. The average molecular weight is 364 g/mol. The minimum Gasteiger partial charge on any atom is -1.00 e. The van der Waals surface area contributed by atoms with Gasteiger partial charge in [-0.3, -0.25) is 0 Å². The highest BCUT2D eigenvalue weighted by Gasteiger charge is 2.26. The maximum atomic E-state index is 11.3. The molecule has 0 radical (unpaired) electrons. The van der Waals surface area contributed by atoms with E-state index in [9.17, 15) is 4.79 Å². The van der Waals surface area contributed by atoms with Gasteiger partial charge in [-0.05, 0) is 32.1 Å². The molecule has 0 saturated heterocycles. The lowest BCUT2D eigenvalue weighted by Gasteiger charge is -2.11. The van der Waals surface area contributed by atoms with E-state index in [1.807, 2.05) is 0 Å². The predicted molar refractivity (Wildman–Crippen MR) is 94.2 cm³/mol. The molecule has 0 rings (SSSR count). The molecule has 0 aliphatic heterocycles. The van der Waals surface area contributed by atoms with Gasteiger partial charge in [-0.1, -0.05) is 70.4 Å². The predicted octanol–water partition coefficient (Wildman–Crippen LogP) is 2.78. The van der Waals surface area contributed by atoms with E-state index in [0.29, 0.717) is 0 Å². The molecule has 0 aliphatic rings. The summed E-state index contributed by atoms with van der Waals surface area (Å²) in [6, 6.07) is 0. The number of hydrogen-bond acceptors (Lipinski definition) is 3. The number of amides is 1. The second-order valence-corrected chi connectivity index (χ2v) is 6.64. The zero-order chi connectivity index (χ0) is 17.4. The Labute approximate surface area is 154 Å². The topological polar surface area (TPSA) is 57.5 Å². The van der Waals surface area contributed by atoms with Crippen molar-refractivity contribution in [2.45, 2.75) is 96.8 Å².